The van der Waals surface area contributed by atoms with E-state index in [4.69, 9.17) is 10.5 Å². The van der Waals surface area contributed by atoms with Crippen LogP contribution in [0, 0.1) is 5.92 Å². The Morgan fingerprint density at radius 3 is 2.56 bits per heavy atom. The third kappa shape index (κ3) is 2.53. The van der Waals surface area contributed by atoms with Gasteiger partial charge in [0.25, 0.3) is 0 Å². The van der Waals surface area contributed by atoms with E-state index in [9.17, 15) is 4.79 Å². The molecule has 0 aromatic carbocycles. The minimum Gasteiger partial charge on any atom is -0.379 e. The number of amides is 1. The molecule has 3 rings (SSSR count). The van der Waals surface area contributed by atoms with E-state index in [1.807, 2.05) is 4.90 Å². The second-order valence-electron chi connectivity index (χ2n) is 5.99. The van der Waals surface area contributed by atoms with Gasteiger partial charge in [-0.25, -0.2) is 0 Å². The topological polar surface area (TPSA) is 58.8 Å². The molecule has 5 nitrogen and oxygen atoms in total. The van der Waals surface area contributed by atoms with E-state index >= 15 is 0 Å². The largest absolute Gasteiger partial charge is 0.379 e. The van der Waals surface area contributed by atoms with E-state index in [1.165, 1.54) is 19.4 Å². The summed E-state index contributed by atoms with van der Waals surface area (Å²) in [6, 6.07) is 0. The molecule has 1 saturated carbocycles. The predicted molar refractivity (Wildman–Crippen MR) is 68.1 cm³/mol. The van der Waals surface area contributed by atoms with E-state index in [2.05, 4.69) is 4.90 Å². The fraction of sp³-hybridized carbons (Fsp3) is 0.923. The minimum absolute atomic E-state index is 0.0890. The van der Waals surface area contributed by atoms with Gasteiger partial charge in [0, 0.05) is 39.3 Å². The molecule has 102 valence electrons. The van der Waals surface area contributed by atoms with Crippen LogP contribution in [0.15, 0.2) is 0 Å². The quantitative estimate of drug-likeness (QED) is 0.747. The van der Waals surface area contributed by atoms with Crippen molar-refractivity contribution < 1.29 is 9.53 Å². The average molecular weight is 253 g/mol. The van der Waals surface area contributed by atoms with Crippen LogP contribution in [0.25, 0.3) is 0 Å². The summed E-state index contributed by atoms with van der Waals surface area (Å²) in [5.74, 6) is 1.02. The Morgan fingerprint density at radius 1 is 1.28 bits per heavy atom. The third-order valence-corrected chi connectivity index (χ3v) is 4.35. The average Bonchev–Trinajstić information content (AvgIpc) is 3.09. The molecule has 5 heteroatoms. The molecule has 0 radical (unpaired) electrons. The maximum atomic E-state index is 12.4. The highest BCUT2D eigenvalue weighted by Gasteiger charge is 2.41. The van der Waals surface area contributed by atoms with Crippen LogP contribution in [0.2, 0.25) is 0 Å². The maximum Gasteiger partial charge on any atom is 0.245 e. The molecular formula is C13H23N3O2. The lowest BCUT2D eigenvalue weighted by Crippen LogP contribution is -2.60. The summed E-state index contributed by atoms with van der Waals surface area (Å²) in [5, 5.41) is 0. The third-order valence-electron chi connectivity index (χ3n) is 4.35. The molecule has 0 spiro atoms. The molecule has 1 aliphatic carbocycles. The number of carbonyl (C=O) groups is 1. The van der Waals surface area contributed by atoms with Crippen molar-refractivity contribution in [3.05, 3.63) is 0 Å². The number of hydrogen-bond donors (Lipinski definition) is 1. The molecule has 1 atom stereocenters. The van der Waals surface area contributed by atoms with Crippen LogP contribution in [0.4, 0.5) is 0 Å². The lowest BCUT2D eigenvalue weighted by Gasteiger charge is -2.38. The van der Waals surface area contributed by atoms with Gasteiger partial charge in [-0.3, -0.25) is 9.69 Å². The van der Waals surface area contributed by atoms with Gasteiger partial charge in [-0.2, -0.15) is 0 Å². The molecule has 0 aromatic rings. The Bertz CT molecular complexity index is 316. The van der Waals surface area contributed by atoms with Gasteiger partial charge in [-0.1, -0.05) is 0 Å². The first kappa shape index (κ1) is 12.4. The van der Waals surface area contributed by atoms with Gasteiger partial charge in [0.05, 0.1) is 6.61 Å². The monoisotopic (exact) mass is 253 g/mol. The number of ether oxygens (including phenoxy) is 1. The van der Waals surface area contributed by atoms with Crippen LogP contribution in [-0.2, 0) is 9.53 Å². The van der Waals surface area contributed by atoms with Crippen molar-refractivity contribution >= 4 is 5.91 Å². The molecule has 1 unspecified atom stereocenters. The fourth-order valence-corrected chi connectivity index (χ4v) is 2.86. The van der Waals surface area contributed by atoms with Crippen molar-refractivity contribution in [1.29, 1.82) is 0 Å². The highest BCUT2D eigenvalue weighted by molar-refractivity contribution is 5.86. The number of carbonyl (C=O) groups excluding carboxylic acids is 1. The Kier molecular flexibility index (Phi) is 3.30. The van der Waals surface area contributed by atoms with E-state index in [1.54, 1.807) is 0 Å². The van der Waals surface area contributed by atoms with Crippen molar-refractivity contribution in [2.45, 2.75) is 24.8 Å². The van der Waals surface area contributed by atoms with Gasteiger partial charge in [0.15, 0.2) is 0 Å². The van der Waals surface area contributed by atoms with E-state index in [-0.39, 0.29) is 5.91 Å². The first-order valence-electron chi connectivity index (χ1n) is 7.06. The zero-order valence-electron chi connectivity index (χ0n) is 10.9. The summed E-state index contributed by atoms with van der Waals surface area (Å²) < 4.78 is 5.27. The normalized spacial score (nSPS) is 33.9. The van der Waals surface area contributed by atoms with Gasteiger partial charge in [-0.15, -0.1) is 0 Å². The molecule has 2 aliphatic heterocycles. The summed E-state index contributed by atoms with van der Waals surface area (Å²) in [6.07, 6.45) is 3.44. The van der Waals surface area contributed by atoms with Crippen molar-refractivity contribution in [3.8, 4) is 0 Å². The van der Waals surface area contributed by atoms with Gasteiger partial charge in [0.2, 0.25) is 5.91 Å². The van der Waals surface area contributed by atoms with Crippen LogP contribution >= 0.6 is 0 Å². The predicted octanol–water partition coefficient (Wildman–Crippen LogP) is -0.342. The van der Waals surface area contributed by atoms with Crippen LogP contribution in [0.1, 0.15) is 19.3 Å². The highest BCUT2D eigenvalue weighted by atomic mass is 16.5. The highest BCUT2D eigenvalue weighted by Crippen LogP contribution is 2.30. The molecule has 1 amide bonds. The van der Waals surface area contributed by atoms with Crippen molar-refractivity contribution in [2.75, 3.05) is 45.9 Å². The molecule has 2 N–H and O–H groups in total. The van der Waals surface area contributed by atoms with Crippen molar-refractivity contribution in [3.63, 3.8) is 0 Å². The van der Waals surface area contributed by atoms with Gasteiger partial charge >= 0.3 is 0 Å². The summed E-state index contributed by atoms with van der Waals surface area (Å²) in [4.78, 5) is 16.8. The van der Waals surface area contributed by atoms with Crippen molar-refractivity contribution in [1.82, 2.24) is 9.80 Å². The molecule has 2 saturated heterocycles. The lowest BCUT2D eigenvalue weighted by atomic mass is 9.98. The Labute approximate surface area is 108 Å². The summed E-state index contributed by atoms with van der Waals surface area (Å²) in [6.45, 7) is 5.87. The number of nitrogens with zero attached hydrogens (tertiary/aromatic N) is 2. The zero-order chi connectivity index (χ0) is 12.6. The second kappa shape index (κ2) is 4.79. The molecule has 3 fully saturated rings. The number of rotatable bonds is 3. The summed E-state index contributed by atoms with van der Waals surface area (Å²) >= 11 is 0. The van der Waals surface area contributed by atoms with Gasteiger partial charge < -0.3 is 15.4 Å². The Balaban J connectivity index is 1.50. The van der Waals surface area contributed by atoms with Gasteiger partial charge in [-0.05, 0) is 25.2 Å². The van der Waals surface area contributed by atoms with E-state index in [0.29, 0.717) is 19.6 Å². The lowest BCUT2D eigenvalue weighted by molar-refractivity contribution is -0.138. The smallest absolute Gasteiger partial charge is 0.245 e. The van der Waals surface area contributed by atoms with E-state index < -0.39 is 5.54 Å². The first-order chi connectivity index (χ1) is 8.67. The van der Waals surface area contributed by atoms with Crippen LogP contribution in [-0.4, -0.2) is 67.2 Å². The zero-order valence-corrected chi connectivity index (χ0v) is 10.9. The van der Waals surface area contributed by atoms with E-state index in [0.717, 1.165) is 32.1 Å². The summed E-state index contributed by atoms with van der Waals surface area (Å²) in [5.41, 5.74) is 5.38. The molecule has 2 heterocycles. The van der Waals surface area contributed by atoms with Crippen molar-refractivity contribution in [2.24, 2.45) is 11.7 Å². The Morgan fingerprint density at radius 2 is 2.00 bits per heavy atom. The molecule has 0 bridgehead atoms. The maximum absolute atomic E-state index is 12.4. The first-order valence-corrected chi connectivity index (χ1v) is 7.06. The van der Waals surface area contributed by atoms with Crippen LogP contribution in [0.3, 0.4) is 0 Å². The molecular weight excluding hydrogens is 230 g/mol. The number of nitrogens with two attached hydrogens (primary N) is 1. The van der Waals surface area contributed by atoms with Crippen LogP contribution < -0.4 is 5.73 Å². The molecule has 0 aromatic heterocycles. The standard InChI is InChI=1S/C13H23N3O2/c14-13(3-8-18-10-13)12(17)16-6-4-15(5-7-16)9-11-1-2-11/h11H,1-10,14H2. The fourth-order valence-electron chi connectivity index (χ4n) is 2.86. The SMILES string of the molecule is NC1(C(=O)N2CCN(CC3CC3)CC2)CCOC1. The number of piperazine rings is 1. The summed E-state index contributed by atoms with van der Waals surface area (Å²) in [7, 11) is 0. The second-order valence-corrected chi connectivity index (χ2v) is 5.99. The minimum atomic E-state index is -0.751. The number of hydrogen-bond acceptors (Lipinski definition) is 4. The Hall–Kier alpha value is -0.650. The van der Waals surface area contributed by atoms with Crippen LogP contribution in [0.5, 0.6) is 0 Å². The molecule has 3 aliphatic rings. The molecule has 18 heavy (non-hydrogen) atoms. The van der Waals surface area contributed by atoms with Gasteiger partial charge in [0.1, 0.15) is 5.54 Å².